The number of nitrogens with two attached hydrogens (primary N) is 2. The Labute approximate surface area is 41.6 Å². The minimum atomic E-state index is 0.433. The van der Waals surface area contributed by atoms with Gasteiger partial charge in [0.05, 0.1) is 0 Å². The molecule has 0 aliphatic rings. The van der Waals surface area contributed by atoms with Crippen molar-refractivity contribution >= 4 is 0 Å². The van der Waals surface area contributed by atoms with Crippen molar-refractivity contribution in [3.8, 4) is 0 Å². The maximum absolute atomic E-state index is 4.65. The summed E-state index contributed by atoms with van der Waals surface area (Å²) >= 11 is 0. The van der Waals surface area contributed by atoms with Gasteiger partial charge in [0.25, 0.3) is 0 Å². The quantitative estimate of drug-likeness (QED) is 0.370. The van der Waals surface area contributed by atoms with Crippen LogP contribution in [0.1, 0.15) is 6.92 Å². The molecule has 0 spiro atoms. The molecular formula is C3H8N2O2. The van der Waals surface area contributed by atoms with Crippen molar-refractivity contribution in [1.82, 2.24) is 0 Å². The van der Waals surface area contributed by atoms with Crippen LogP contribution in [-0.4, -0.2) is 0 Å². The first-order valence-corrected chi connectivity index (χ1v) is 1.70. The maximum atomic E-state index is 4.65. The fraction of sp³-hybridized carbons (Fsp3) is 0.333. The summed E-state index contributed by atoms with van der Waals surface area (Å²) < 4.78 is 0. The number of hydrogen-bond acceptors (Lipinski definition) is 4. The molecule has 4 N–H and O–H groups in total. The summed E-state index contributed by atoms with van der Waals surface area (Å²) in [4.78, 5) is 8.17. The van der Waals surface area contributed by atoms with Gasteiger partial charge in [-0.3, -0.25) is 0 Å². The first-order chi connectivity index (χ1) is 3.31. The lowest BCUT2D eigenvalue weighted by Gasteiger charge is -1.92. The molecule has 0 aliphatic carbocycles. The molecule has 0 amide bonds. The van der Waals surface area contributed by atoms with Crippen LogP contribution in [0, 0.1) is 0 Å². The molecule has 4 nitrogen and oxygen atoms in total. The molecule has 0 aromatic heterocycles. The number of rotatable bonds is 2. The second kappa shape index (κ2) is 3.45. The molecule has 0 heterocycles. The van der Waals surface area contributed by atoms with Gasteiger partial charge in [-0.1, -0.05) is 0 Å². The van der Waals surface area contributed by atoms with E-state index in [0.29, 0.717) is 5.76 Å². The Balaban J connectivity index is 3.29. The van der Waals surface area contributed by atoms with Gasteiger partial charge in [0.1, 0.15) is 0 Å². The van der Waals surface area contributed by atoms with E-state index in [1.54, 1.807) is 6.92 Å². The Morgan fingerprint density at radius 3 is 2.29 bits per heavy atom. The lowest BCUT2D eigenvalue weighted by molar-refractivity contribution is 0.183. The van der Waals surface area contributed by atoms with E-state index in [4.69, 9.17) is 0 Å². The standard InChI is InChI=1S/C3H8N2O2/c1-3(7-5)2-6-4/h2H,4-5H2,1H3/b3-2-. The predicted molar refractivity (Wildman–Crippen MR) is 24.3 cm³/mol. The van der Waals surface area contributed by atoms with Gasteiger partial charge in [0.2, 0.25) is 0 Å². The van der Waals surface area contributed by atoms with Gasteiger partial charge in [-0.2, -0.15) is 11.8 Å². The minimum Gasteiger partial charge on any atom is -0.416 e. The molecule has 0 aliphatic heterocycles. The van der Waals surface area contributed by atoms with Crippen molar-refractivity contribution in [2.45, 2.75) is 6.92 Å². The van der Waals surface area contributed by atoms with E-state index in [2.05, 4.69) is 21.5 Å². The summed E-state index contributed by atoms with van der Waals surface area (Å²) in [6.45, 7) is 1.62. The molecule has 0 aromatic rings. The van der Waals surface area contributed by atoms with Gasteiger partial charge >= 0.3 is 0 Å². The molecule has 7 heavy (non-hydrogen) atoms. The zero-order valence-corrected chi connectivity index (χ0v) is 4.05. The van der Waals surface area contributed by atoms with Crippen LogP contribution in [0.5, 0.6) is 0 Å². The molecule has 0 saturated carbocycles. The molecule has 0 unspecified atom stereocenters. The molecule has 0 aromatic carbocycles. The van der Waals surface area contributed by atoms with E-state index >= 15 is 0 Å². The molecule has 4 heteroatoms. The molecule has 0 saturated heterocycles. The molecule has 0 bridgehead atoms. The summed E-state index contributed by atoms with van der Waals surface area (Å²) in [5, 5.41) is 0. The Morgan fingerprint density at radius 1 is 1.57 bits per heavy atom. The highest BCUT2D eigenvalue weighted by Crippen LogP contribution is 1.85. The fourth-order valence-corrected chi connectivity index (χ4v) is 0.124. The largest absolute Gasteiger partial charge is 0.416 e. The van der Waals surface area contributed by atoms with Crippen LogP contribution in [0.15, 0.2) is 12.0 Å². The third-order valence-electron chi connectivity index (χ3n) is 0.420. The average Bonchev–Trinajstić information content (AvgIpc) is 1.68. The highest BCUT2D eigenvalue weighted by Gasteiger charge is 1.79. The SMILES string of the molecule is C/C(=C/ON)ON. The van der Waals surface area contributed by atoms with Crippen molar-refractivity contribution < 1.29 is 9.68 Å². The van der Waals surface area contributed by atoms with Crippen molar-refractivity contribution in [3.05, 3.63) is 12.0 Å². The van der Waals surface area contributed by atoms with E-state index in [-0.39, 0.29) is 0 Å². The van der Waals surface area contributed by atoms with Crippen molar-refractivity contribution in [3.63, 3.8) is 0 Å². The van der Waals surface area contributed by atoms with E-state index in [0.717, 1.165) is 0 Å². The minimum absolute atomic E-state index is 0.433. The summed E-state index contributed by atoms with van der Waals surface area (Å²) in [5.41, 5.74) is 0. The van der Waals surface area contributed by atoms with Crippen LogP contribution < -0.4 is 11.8 Å². The smallest absolute Gasteiger partial charge is 0.157 e. The Hall–Kier alpha value is -0.740. The van der Waals surface area contributed by atoms with Gasteiger partial charge in [-0.15, -0.1) is 0 Å². The summed E-state index contributed by atoms with van der Waals surface area (Å²) in [5.74, 6) is 9.68. The summed E-state index contributed by atoms with van der Waals surface area (Å²) in [6, 6.07) is 0. The highest BCUT2D eigenvalue weighted by atomic mass is 16.6. The summed E-state index contributed by atoms with van der Waals surface area (Å²) in [6.07, 6.45) is 1.19. The zero-order valence-electron chi connectivity index (χ0n) is 4.05. The lowest BCUT2D eigenvalue weighted by Crippen LogP contribution is -1.98. The first-order valence-electron chi connectivity index (χ1n) is 1.70. The second-order valence-electron chi connectivity index (χ2n) is 0.982. The first kappa shape index (κ1) is 6.26. The van der Waals surface area contributed by atoms with E-state index in [9.17, 15) is 0 Å². The third-order valence-corrected chi connectivity index (χ3v) is 0.420. The van der Waals surface area contributed by atoms with Gasteiger partial charge in [0.15, 0.2) is 12.0 Å². The van der Waals surface area contributed by atoms with E-state index < -0.39 is 0 Å². The fourth-order valence-electron chi connectivity index (χ4n) is 0.124. The van der Waals surface area contributed by atoms with Crippen molar-refractivity contribution in [2.75, 3.05) is 0 Å². The van der Waals surface area contributed by atoms with Crippen LogP contribution in [0.4, 0.5) is 0 Å². The second-order valence-corrected chi connectivity index (χ2v) is 0.982. The molecule has 0 radical (unpaired) electrons. The van der Waals surface area contributed by atoms with Crippen LogP contribution >= 0.6 is 0 Å². The zero-order chi connectivity index (χ0) is 5.70. The molecule has 0 atom stereocenters. The highest BCUT2D eigenvalue weighted by molar-refractivity contribution is 4.78. The summed E-state index contributed by atoms with van der Waals surface area (Å²) in [7, 11) is 0. The van der Waals surface area contributed by atoms with Crippen LogP contribution in [0.25, 0.3) is 0 Å². The van der Waals surface area contributed by atoms with Gasteiger partial charge in [-0.25, -0.2) is 0 Å². The van der Waals surface area contributed by atoms with E-state index in [1.807, 2.05) is 0 Å². The maximum Gasteiger partial charge on any atom is 0.157 e. The Kier molecular flexibility index (Phi) is 3.09. The monoisotopic (exact) mass is 104 g/mol. The van der Waals surface area contributed by atoms with Crippen LogP contribution in [-0.2, 0) is 9.68 Å². The number of allylic oxidation sites excluding steroid dienone is 1. The third kappa shape index (κ3) is 3.08. The normalized spacial score (nSPS) is 11.0. The van der Waals surface area contributed by atoms with Crippen molar-refractivity contribution in [1.29, 1.82) is 0 Å². The van der Waals surface area contributed by atoms with Crippen molar-refractivity contribution in [2.24, 2.45) is 11.8 Å². The van der Waals surface area contributed by atoms with Gasteiger partial charge in [0, 0.05) is 0 Å². The van der Waals surface area contributed by atoms with Crippen LogP contribution in [0.2, 0.25) is 0 Å². The molecule has 0 fully saturated rings. The van der Waals surface area contributed by atoms with Gasteiger partial charge < -0.3 is 9.68 Å². The lowest BCUT2D eigenvalue weighted by atomic mass is 10.6. The number of hydrogen-bond donors (Lipinski definition) is 2. The molecule has 0 rings (SSSR count). The predicted octanol–water partition coefficient (Wildman–Crippen LogP) is -0.372. The molecular weight excluding hydrogens is 96.0 g/mol. The average molecular weight is 104 g/mol. The van der Waals surface area contributed by atoms with E-state index in [1.165, 1.54) is 6.26 Å². The van der Waals surface area contributed by atoms with Crippen LogP contribution in [0.3, 0.4) is 0 Å². The topological polar surface area (TPSA) is 70.5 Å². The van der Waals surface area contributed by atoms with Gasteiger partial charge in [-0.05, 0) is 6.92 Å². The Morgan fingerprint density at radius 2 is 2.14 bits per heavy atom. The molecule has 42 valence electrons. The Bertz CT molecular complexity index is 71.3.